The fraction of sp³-hybridized carbons (Fsp3) is 0.316. The lowest BCUT2D eigenvalue weighted by Gasteiger charge is -2.30. The Kier molecular flexibility index (Phi) is 6.73. The van der Waals surface area contributed by atoms with Gasteiger partial charge in [0, 0.05) is 5.69 Å². The summed E-state index contributed by atoms with van der Waals surface area (Å²) in [5, 5.41) is 3.08. The van der Waals surface area contributed by atoms with Gasteiger partial charge < -0.3 is 10.1 Å². The first-order valence-corrected chi connectivity index (χ1v) is 10.6. The molecule has 0 fully saturated rings. The molecule has 0 radical (unpaired) electrons. The molecule has 1 unspecified atom stereocenters. The van der Waals surface area contributed by atoms with Crippen LogP contribution >= 0.6 is 11.6 Å². The Hall–Kier alpha value is -2.25. The van der Waals surface area contributed by atoms with Gasteiger partial charge in [-0.2, -0.15) is 0 Å². The van der Waals surface area contributed by atoms with Gasteiger partial charge in [-0.25, -0.2) is 8.42 Å². The molecular weight excluding hydrogens is 388 g/mol. The van der Waals surface area contributed by atoms with E-state index in [-0.39, 0.29) is 0 Å². The molecule has 1 atom stereocenters. The Labute approximate surface area is 165 Å². The minimum atomic E-state index is -3.67. The maximum atomic E-state index is 12.8. The third kappa shape index (κ3) is 5.14. The molecule has 2 rings (SSSR count). The molecule has 0 spiro atoms. The number of nitrogens with zero attached hydrogens (tertiary/aromatic N) is 1. The number of carbonyl (C=O) groups excluding carboxylic acids is 1. The lowest BCUT2D eigenvalue weighted by atomic mass is 10.1. The predicted molar refractivity (Wildman–Crippen MR) is 109 cm³/mol. The van der Waals surface area contributed by atoms with Gasteiger partial charge in [0.15, 0.2) is 0 Å². The molecule has 146 valence electrons. The van der Waals surface area contributed by atoms with E-state index >= 15 is 0 Å². The molecule has 2 aromatic carbocycles. The van der Waals surface area contributed by atoms with Crippen molar-refractivity contribution in [2.75, 3.05) is 23.0 Å². The molecule has 6 nitrogen and oxygen atoms in total. The zero-order chi connectivity index (χ0) is 20.2. The number of aryl methyl sites for hydroxylation is 1. The topological polar surface area (TPSA) is 75.7 Å². The van der Waals surface area contributed by atoms with Gasteiger partial charge in [0.2, 0.25) is 15.9 Å². The molecule has 0 aliphatic heterocycles. The van der Waals surface area contributed by atoms with Crippen LogP contribution in [0.3, 0.4) is 0 Å². The SMILES string of the molecule is CCC(C(=O)Nc1ccc(OC)c(Cl)c1)N(c1ccc(C)cc1)S(C)(=O)=O. The maximum absolute atomic E-state index is 12.8. The third-order valence-electron chi connectivity index (χ3n) is 4.04. The number of carbonyl (C=O) groups is 1. The largest absolute Gasteiger partial charge is 0.495 e. The highest BCUT2D eigenvalue weighted by Crippen LogP contribution is 2.28. The van der Waals surface area contributed by atoms with Crippen molar-refractivity contribution in [2.45, 2.75) is 26.3 Å². The van der Waals surface area contributed by atoms with Crippen molar-refractivity contribution in [3.05, 3.63) is 53.1 Å². The van der Waals surface area contributed by atoms with Crippen molar-refractivity contribution in [2.24, 2.45) is 0 Å². The van der Waals surface area contributed by atoms with E-state index in [1.54, 1.807) is 49.4 Å². The van der Waals surface area contributed by atoms with Crippen LogP contribution < -0.4 is 14.4 Å². The van der Waals surface area contributed by atoms with Crippen LogP contribution in [-0.4, -0.2) is 33.7 Å². The van der Waals surface area contributed by atoms with Gasteiger partial charge in [-0.05, 0) is 43.7 Å². The van der Waals surface area contributed by atoms with Gasteiger partial charge in [0.05, 0.1) is 24.1 Å². The Bertz CT molecular complexity index is 914. The van der Waals surface area contributed by atoms with Crippen molar-refractivity contribution in [3.8, 4) is 5.75 Å². The Morgan fingerprint density at radius 2 is 1.85 bits per heavy atom. The van der Waals surface area contributed by atoms with E-state index in [2.05, 4.69) is 5.32 Å². The summed E-state index contributed by atoms with van der Waals surface area (Å²) in [6, 6.07) is 10.9. The van der Waals surface area contributed by atoms with Gasteiger partial charge in [-0.15, -0.1) is 0 Å². The number of amides is 1. The number of hydrogen-bond acceptors (Lipinski definition) is 4. The highest BCUT2D eigenvalue weighted by molar-refractivity contribution is 7.92. The van der Waals surface area contributed by atoms with E-state index in [9.17, 15) is 13.2 Å². The summed E-state index contributed by atoms with van der Waals surface area (Å²) in [5.41, 5.74) is 1.90. The number of rotatable bonds is 7. The Balaban J connectivity index is 2.34. The standard InChI is InChI=1S/C19H23ClN2O4S/c1-5-17(19(23)21-14-8-11-18(26-3)16(20)12-14)22(27(4,24)25)15-9-6-13(2)7-10-15/h6-12,17H,5H2,1-4H3,(H,21,23). The van der Waals surface area contributed by atoms with Crippen molar-refractivity contribution in [1.29, 1.82) is 0 Å². The predicted octanol–water partition coefficient (Wildman–Crippen LogP) is 3.84. The van der Waals surface area contributed by atoms with Crippen LogP contribution in [0.25, 0.3) is 0 Å². The average molecular weight is 411 g/mol. The number of methoxy groups -OCH3 is 1. The zero-order valence-electron chi connectivity index (χ0n) is 15.7. The molecule has 0 saturated carbocycles. The van der Waals surface area contributed by atoms with Crippen LogP contribution in [0.2, 0.25) is 5.02 Å². The monoisotopic (exact) mass is 410 g/mol. The first kappa shape index (κ1) is 21.1. The smallest absolute Gasteiger partial charge is 0.248 e. The van der Waals surface area contributed by atoms with E-state index < -0.39 is 22.0 Å². The molecule has 2 aromatic rings. The summed E-state index contributed by atoms with van der Waals surface area (Å²) < 4.78 is 31.1. The second-order valence-electron chi connectivity index (χ2n) is 6.16. The van der Waals surface area contributed by atoms with Gasteiger partial charge in [0.1, 0.15) is 11.8 Å². The Morgan fingerprint density at radius 1 is 1.22 bits per heavy atom. The number of halogens is 1. The van der Waals surface area contributed by atoms with E-state index in [0.29, 0.717) is 28.6 Å². The second-order valence-corrected chi connectivity index (χ2v) is 8.42. The molecule has 0 saturated heterocycles. The third-order valence-corrected chi connectivity index (χ3v) is 5.51. The summed E-state index contributed by atoms with van der Waals surface area (Å²) in [6.07, 6.45) is 1.39. The summed E-state index contributed by atoms with van der Waals surface area (Å²) in [4.78, 5) is 12.8. The van der Waals surface area contributed by atoms with E-state index in [0.717, 1.165) is 16.1 Å². The van der Waals surface area contributed by atoms with E-state index in [4.69, 9.17) is 16.3 Å². The van der Waals surface area contributed by atoms with Crippen LogP contribution in [-0.2, 0) is 14.8 Å². The lowest BCUT2D eigenvalue weighted by Crippen LogP contribution is -2.47. The molecule has 0 aliphatic carbocycles. The fourth-order valence-corrected chi connectivity index (χ4v) is 4.19. The summed E-state index contributed by atoms with van der Waals surface area (Å²) in [6.45, 7) is 3.67. The van der Waals surface area contributed by atoms with Crippen molar-refractivity contribution in [1.82, 2.24) is 0 Å². The number of sulfonamides is 1. The molecule has 27 heavy (non-hydrogen) atoms. The van der Waals surface area contributed by atoms with Gasteiger partial charge in [0.25, 0.3) is 0 Å². The van der Waals surface area contributed by atoms with Crippen LogP contribution in [0.1, 0.15) is 18.9 Å². The lowest BCUT2D eigenvalue weighted by molar-refractivity contribution is -0.117. The minimum absolute atomic E-state index is 0.302. The van der Waals surface area contributed by atoms with Crippen molar-refractivity contribution in [3.63, 3.8) is 0 Å². The van der Waals surface area contributed by atoms with Crippen molar-refractivity contribution >= 4 is 38.9 Å². The summed E-state index contributed by atoms with van der Waals surface area (Å²) >= 11 is 6.09. The van der Waals surface area contributed by atoms with Gasteiger partial charge in [-0.1, -0.05) is 36.2 Å². The highest BCUT2D eigenvalue weighted by atomic mass is 35.5. The number of benzene rings is 2. The highest BCUT2D eigenvalue weighted by Gasteiger charge is 2.31. The molecule has 0 bridgehead atoms. The average Bonchev–Trinajstić information content (AvgIpc) is 2.59. The number of ether oxygens (including phenoxy) is 1. The molecule has 0 heterocycles. The van der Waals surface area contributed by atoms with E-state index in [1.165, 1.54) is 7.11 Å². The molecule has 1 N–H and O–H groups in total. The molecule has 8 heteroatoms. The first-order valence-electron chi connectivity index (χ1n) is 8.37. The van der Waals surface area contributed by atoms with Crippen LogP contribution in [0, 0.1) is 6.92 Å². The fourth-order valence-electron chi connectivity index (χ4n) is 2.72. The normalized spacial score (nSPS) is 12.3. The minimum Gasteiger partial charge on any atom is -0.495 e. The van der Waals surface area contributed by atoms with Crippen molar-refractivity contribution < 1.29 is 17.9 Å². The number of anilines is 2. The first-order chi connectivity index (χ1) is 12.7. The maximum Gasteiger partial charge on any atom is 0.248 e. The summed E-state index contributed by atoms with van der Waals surface area (Å²) in [5.74, 6) is 0.0452. The quantitative estimate of drug-likeness (QED) is 0.752. The van der Waals surface area contributed by atoms with Crippen LogP contribution in [0.5, 0.6) is 5.75 Å². The zero-order valence-corrected chi connectivity index (χ0v) is 17.3. The molecule has 1 amide bonds. The van der Waals surface area contributed by atoms with Crippen LogP contribution in [0.15, 0.2) is 42.5 Å². The van der Waals surface area contributed by atoms with E-state index in [1.807, 2.05) is 6.92 Å². The van der Waals surface area contributed by atoms with Gasteiger partial charge in [-0.3, -0.25) is 9.10 Å². The Morgan fingerprint density at radius 3 is 2.33 bits per heavy atom. The van der Waals surface area contributed by atoms with Gasteiger partial charge >= 0.3 is 0 Å². The number of hydrogen-bond donors (Lipinski definition) is 1. The number of nitrogens with one attached hydrogen (secondary N) is 1. The molecular formula is C19H23ClN2O4S. The summed E-state index contributed by atoms with van der Waals surface area (Å²) in [7, 11) is -2.17. The van der Waals surface area contributed by atoms with Crippen LogP contribution in [0.4, 0.5) is 11.4 Å². The molecule has 0 aliphatic rings. The second kappa shape index (κ2) is 8.63. The molecule has 0 aromatic heterocycles.